The predicted molar refractivity (Wildman–Crippen MR) is 58.3 cm³/mol. The number of carbonyl (C=O) groups is 1. The smallest absolute Gasteiger partial charge is 0.357 e. The van der Waals surface area contributed by atoms with Crippen LogP contribution in [0.2, 0.25) is 0 Å². The van der Waals surface area contributed by atoms with Gasteiger partial charge in [0, 0.05) is 13.5 Å². The maximum absolute atomic E-state index is 10.7. The van der Waals surface area contributed by atoms with Gasteiger partial charge < -0.3 is 15.6 Å². The monoisotopic (exact) mass is 230 g/mol. The first-order valence-corrected chi connectivity index (χ1v) is 5.37. The molecule has 6 heteroatoms. The van der Waals surface area contributed by atoms with Gasteiger partial charge in [0.25, 0.3) is 0 Å². The number of methoxy groups -OCH3 is 1. The largest absolute Gasteiger partial charge is 0.476 e. The van der Waals surface area contributed by atoms with Gasteiger partial charge in [-0.05, 0) is 13.3 Å². The number of rotatable bonds is 5. The summed E-state index contributed by atoms with van der Waals surface area (Å²) in [5.41, 5.74) is 5.48. The highest BCUT2D eigenvalue weighted by Crippen LogP contribution is 2.22. The zero-order valence-electron chi connectivity index (χ0n) is 8.69. The van der Waals surface area contributed by atoms with Crippen molar-refractivity contribution in [2.45, 2.75) is 25.9 Å². The van der Waals surface area contributed by atoms with Gasteiger partial charge in [-0.15, -0.1) is 11.3 Å². The standard InChI is InChI=1S/C9H14N2O3S/c1-5(14-2)3-4-6-11-7(9(12)13)8(10)15-6/h5H,3-4,10H2,1-2H3,(H,12,13). The molecule has 0 aromatic carbocycles. The van der Waals surface area contributed by atoms with E-state index in [1.165, 1.54) is 11.3 Å². The van der Waals surface area contributed by atoms with Crippen LogP contribution in [0.25, 0.3) is 0 Å². The molecule has 5 nitrogen and oxygen atoms in total. The van der Waals surface area contributed by atoms with Crippen LogP contribution in [0, 0.1) is 0 Å². The summed E-state index contributed by atoms with van der Waals surface area (Å²) >= 11 is 1.23. The molecule has 0 aliphatic rings. The van der Waals surface area contributed by atoms with Crippen LogP contribution in [0.4, 0.5) is 5.00 Å². The van der Waals surface area contributed by atoms with Gasteiger partial charge in [-0.3, -0.25) is 0 Å². The van der Waals surface area contributed by atoms with Crippen molar-refractivity contribution < 1.29 is 14.6 Å². The van der Waals surface area contributed by atoms with Gasteiger partial charge >= 0.3 is 5.97 Å². The molecule has 1 unspecified atom stereocenters. The van der Waals surface area contributed by atoms with E-state index in [4.69, 9.17) is 15.6 Å². The molecular formula is C9H14N2O3S. The Morgan fingerprint density at radius 2 is 2.40 bits per heavy atom. The van der Waals surface area contributed by atoms with Gasteiger partial charge in [0.15, 0.2) is 5.69 Å². The van der Waals surface area contributed by atoms with E-state index < -0.39 is 5.97 Å². The van der Waals surface area contributed by atoms with E-state index in [2.05, 4.69) is 4.98 Å². The van der Waals surface area contributed by atoms with E-state index >= 15 is 0 Å². The third-order valence-corrected chi connectivity index (χ3v) is 3.01. The molecule has 0 radical (unpaired) electrons. The molecule has 0 aliphatic heterocycles. The fourth-order valence-electron chi connectivity index (χ4n) is 1.08. The Morgan fingerprint density at radius 1 is 1.73 bits per heavy atom. The summed E-state index contributed by atoms with van der Waals surface area (Å²) in [6.07, 6.45) is 1.64. The minimum Gasteiger partial charge on any atom is -0.476 e. The SMILES string of the molecule is COC(C)CCc1nc(C(=O)O)c(N)s1. The molecule has 1 heterocycles. The summed E-state index contributed by atoms with van der Waals surface area (Å²) in [5.74, 6) is -1.07. The van der Waals surface area contributed by atoms with Crippen LogP contribution < -0.4 is 5.73 Å². The summed E-state index contributed by atoms with van der Waals surface area (Å²) < 4.78 is 5.09. The molecule has 0 spiro atoms. The molecule has 1 aromatic heterocycles. The molecular weight excluding hydrogens is 216 g/mol. The zero-order chi connectivity index (χ0) is 11.4. The van der Waals surface area contributed by atoms with E-state index in [9.17, 15) is 4.79 Å². The Morgan fingerprint density at radius 3 is 2.87 bits per heavy atom. The number of aromatic nitrogens is 1. The molecule has 0 bridgehead atoms. The first-order valence-electron chi connectivity index (χ1n) is 4.55. The van der Waals surface area contributed by atoms with Gasteiger partial charge in [0.2, 0.25) is 0 Å². The molecule has 0 amide bonds. The van der Waals surface area contributed by atoms with Crippen LogP contribution >= 0.6 is 11.3 Å². The van der Waals surface area contributed by atoms with Crippen LogP contribution in [-0.2, 0) is 11.2 Å². The number of aryl methyl sites for hydroxylation is 1. The second kappa shape index (κ2) is 5.09. The maximum Gasteiger partial charge on any atom is 0.357 e. The van der Waals surface area contributed by atoms with Crippen molar-refractivity contribution >= 4 is 22.3 Å². The lowest BCUT2D eigenvalue weighted by Crippen LogP contribution is -2.06. The van der Waals surface area contributed by atoms with E-state index in [0.717, 1.165) is 11.4 Å². The van der Waals surface area contributed by atoms with Crippen molar-refractivity contribution in [3.8, 4) is 0 Å². The maximum atomic E-state index is 10.7. The molecule has 0 aliphatic carbocycles. The number of hydrogen-bond donors (Lipinski definition) is 2. The molecule has 1 atom stereocenters. The molecule has 15 heavy (non-hydrogen) atoms. The summed E-state index contributed by atoms with van der Waals surface area (Å²) in [4.78, 5) is 14.6. The molecule has 0 saturated carbocycles. The van der Waals surface area contributed by atoms with Crippen molar-refractivity contribution in [1.29, 1.82) is 0 Å². The molecule has 0 fully saturated rings. The van der Waals surface area contributed by atoms with E-state index in [-0.39, 0.29) is 16.8 Å². The number of carboxylic acid groups (broad SMARTS) is 1. The van der Waals surface area contributed by atoms with Crippen molar-refractivity contribution in [3.05, 3.63) is 10.7 Å². The Hall–Kier alpha value is -1.14. The fourth-order valence-corrected chi connectivity index (χ4v) is 1.92. The number of carboxylic acids is 1. The number of nitrogens with zero attached hydrogens (tertiary/aromatic N) is 1. The number of aromatic carboxylic acids is 1. The summed E-state index contributed by atoms with van der Waals surface area (Å²) in [7, 11) is 1.64. The van der Waals surface area contributed by atoms with Gasteiger partial charge in [0.05, 0.1) is 11.1 Å². The van der Waals surface area contributed by atoms with Gasteiger partial charge in [0.1, 0.15) is 5.00 Å². The quantitative estimate of drug-likeness (QED) is 0.798. The van der Waals surface area contributed by atoms with E-state index in [1.54, 1.807) is 7.11 Å². The second-order valence-corrected chi connectivity index (χ2v) is 4.33. The number of nitrogens with two attached hydrogens (primary N) is 1. The lowest BCUT2D eigenvalue weighted by atomic mass is 10.2. The van der Waals surface area contributed by atoms with Crippen LogP contribution in [-0.4, -0.2) is 29.3 Å². The first-order chi connectivity index (χ1) is 7.04. The minimum absolute atomic E-state index is 0.0416. The Kier molecular flexibility index (Phi) is 4.05. The van der Waals surface area contributed by atoms with E-state index in [0.29, 0.717) is 6.42 Å². The van der Waals surface area contributed by atoms with Crippen LogP contribution in [0.1, 0.15) is 28.8 Å². The van der Waals surface area contributed by atoms with Crippen LogP contribution in [0.3, 0.4) is 0 Å². The summed E-state index contributed by atoms with van der Waals surface area (Å²) in [6, 6.07) is 0. The topological polar surface area (TPSA) is 85.4 Å². The Bertz CT molecular complexity index is 351. The number of nitrogen functional groups attached to an aromatic ring is 1. The minimum atomic E-state index is -1.07. The lowest BCUT2D eigenvalue weighted by Gasteiger charge is -2.06. The zero-order valence-corrected chi connectivity index (χ0v) is 9.50. The average Bonchev–Trinajstić information content (AvgIpc) is 2.56. The Labute approximate surface area is 91.9 Å². The first kappa shape index (κ1) is 11.9. The molecule has 0 saturated heterocycles. The number of thiazole rings is 1. The average molecular weight is 230 g/mol. The van der Waals surface area contributed by atoms with Crippen LogP contribution in [0.5, 0.6) is 0 Å². The van der Waals surface area contributed by atoms with Gasteiger partial charge in [-0.25, -0.2) is 9.78 Å². The highest BCUT2D eigenvalue weighted by Gasteiger charge is 2.15. The van der Waals surface area contributed by atoms with Crippen molar-refractivity contribution in [3.63, 3.8) is 0 Å². The Balaban J connectivity index is 2.63. The molecule has 1 aromatic rings. The van der Waals surface area contributed by atoms with E-state index in [1.807, 2.05) is 6.92 Å². The lowest BCUT2D eigenvalue weighted by molar-refractivity contribution is 0.0692. The van der Waals surface area contributed by atoms with Crippen molar-refractivity contribution in [2.24, 2.45) is 0 Å². The predicted octanol–water partition coefficient (Wildman–Crippen LogP) is 1.39. The van der Waals surface area contributed by atoms with Crippen molar-refractivity contribution in [2.75, 3.05) is 12.8 Å². The normalized spacial score (nSPS) is 12.7. The highest BCUT2D eigenvalue weighted by molar-refractivity contribution is 7.15. The van der Waals surface area contributed by atoms with Crippen molar-refractivity contribution in [1.82, 2.24) is 4.98 Å². The highest BCUT2D eigenvalue weighted by atomic mass is 32.1. The molecule has 1 rings (SSSR count). The molecule has 3 N–H and O–H groups in total. The number of hydrogen-bond acceptors (Lipinski definition) is 5. The van der Waals surface area contributed by atoms with Gasteiger partial charge in [-0.2, -0.15) is 0 Å². The summed E-state index contributed by atoms with van der Waals surface area (Å²) in [6.45, 7) is 1.95. The van der Waals surface area contributed by atoms with Crippen LogP contribution in [0.15, 0.2) is 0 Å². The fraction of sp³-hybridized carbons (Fsp3) is 0.556. The third-order valence-electron chi connectivity index (χ3n) is 2.07. The third kappa shape index (κ3) is 3.17. The second-order valence-electron chi connectivity index (χ2n) is 3.21. The summed E-state index contributed by atoms with van der Waals surface area (Å²) in [5, 5.41) is 9.75. The molecule has 84 valence electrons. The number of ether oxygens (including phenoxy) is 1. The number of anilines is 1. The van der Waals surface area contributed by atoms with Gasteiger partial charge in [-0.1, -0.05) is 0 Å².